The van der Waals surface area contributed by atoms with E-state index in [0.717, 1.165) is 36.4 Å². The van der Waals surface area contributed by atoms with Crippen molar-refractivity contribution >= 4 is 22.8 Å². The second-order valence-electron chi connectivity index (χ2n) is 6.07. The van der Waals surface area contributed by atoms with Crippen LogP contribution >= 0.6 is 0 Å². The normalized spacial score (nSPS) is 11.6. The average molecular weight is 290 g/mol. The molecule has 0 aliphatic carbocycles. The molecule has 2 aromatic heterocycles. The highest BCUT2D eigenvalue weighted by molar-refractivity contribution is 5.87. The summed E-state index contributed by atoms with van der Waals surface area (Å²) >= 11 is 0. The van der Waals surface area contributed by atoms with E-state index in [9.17, 15) is 0 Å². The number of aromatic amines is 1. The zero-order valence-electron chi connectivity index (χ0n) is 13.6. The summed E-state index contributed by atoms with van der Waals surface area (Å²) in [6.07, 6.45) is 2.85. The number of H-pyrrole nitrogens is 1. The van der Waals surface area contributed by atoms with Crippen molar-refractivity contribution in [1.82, 2.24) is 20.2 Å². The molecule has 0 aromatic carbocycles. The number of aromatic nitrogens is 4. The molecule has 0 unspecified atom stereocenters. The van der Waals surface area contributed by atoms with E-state index in [1.807, 2.05) is 6.20 Å². The van der Waals surface area contributed by atoms with Crippen LogP contribution < -0.4 is 10.2 Å². The van der Waals surface area contributed by atoms with Gasteiger partial charge in [0.15, 0.2) is 5.65 Å². The van der Waals surface area contributed by atoms with Gasteiger partial charge in [-0.05, 0) is 26.2 Å². The van der Waals surface area contributed by atoms with Gasteiger partial charge in [0.25, 0.3) is 0 Å². The third-order valence-electron chi connectivity index (χ3n) is 3.28. The molecule has 0 amide bonds. The lowest BCUT2D eigenvalue weighted by Crippen LogP contribution is -2.35. The van der Waals surface area contributed by atoms with E-state index in [1.165, 1.54) is 0 Å². The first-order valence-corrected chi connectivity index (χ1v) is 7.74. The van der Waals surface area contributed by atoms with Crippen LogP contribution in [-0.2, 0) is 0 Å². The van der Waals surface area contributed by atoms with Gasteiger partial charge < -0.3 is 10.2 Å². The van der Waals surface area contributed by atoms with E-state index in [-0.39, 0.29) is 0 Å². The summed E-state index contributed by atoms with van der Waals surface area (Å²) < 4.78 is 0. The minimum atomic E-state index is 0.374. The smallest absolute Gasteiger partial charge is 0.226 e. The number of anilines is 2. The minimum absolute atomic E-state index is 0.374. The van der Waals surface area contributed by atoms with Crippen LogP contribution in [0.3, 0.4) is 0 Å². The lowest BCUT2D eigenvalue weighted by Gasteiger charge is -2.30. The van der Waals surface area contributed by atoms with Gasteiger partial charge in [-0.2, -0.15) is 15.1 Å². The minimum Gasteiger partial charge on any atom is -0.354 e. The molecule has 116 valence electrons. The van der Waals surface area contributed by atoms with Crippen molar-refractivity contribution < 1.29 is 0 Å². The zero-order chi connectivity index (χ0) is 15.4. The zero-order valence-corrected chi connectivity index (χ0v) is 13.6. The van der Waals surface area contributed by atoms with E-state index >= 15 is 0 Å². The van der Waals surface area contributed by atoms with Crippen LogP contribution in [0.1, 0.15) is 41.0 Å². The van der Waals surface area contributed by atoms with Gasteiger partial charge >= 0.3 is 0 Å². The number of hydrogen-bond acceptors (Lipinski definition) is 5. The Morgan fingerprint density at radius 1 is 1.24 bits per heavy atom. The van der Waals surface area contributed by atoms with E-state index < -0.39 is 0 Å². The highest BCUT2D eigenvalue weighted by Gasteiger charge is 2.19. The summed E-state index contributed by atoms with van der Waals surface area (Å²) in [6, 6.07) is 0.374. The second-order valence-corrected chi connectivity index (χ2v) is 6.07. The number of nitrogens with zero attached hydrogens (tertiary/aromatic N) is 4. The molecule has 0 fully saturated rings. The molecule has 21 heavy (non-hydrogen) atoms. The molecule has 2 aromatic rings. The summed E-state index contributed by atoms with van der Waals surface area (Å²) in [6.45, 7) is 12.8. The predicted molar refractivity (Wildman–Crippen MR) is 87.8 cm³/mol. The van der Waals surface area contributed by atoms with Crippen molar-refractivity contribution in [2.24, 2.45) is 5.92 Å². The Hall–Kier alpha value is -1.85. The third-order valence-corrected chi connectivity index (χ3v) is 3.28. The second kappa shape index (κ2) is 6.74. The van der Waals surface area contributed by atoms with Gasteiger partial charge in [0.1, 0.15) is 5.82 Å². The first-order valence-electron chi connectivity index (χ1n) is 7.74. The molecule has 0 atom stereocenters. The summed E-state index contributed by atoms with van der Waals surface area (Å²) in [7, 11) is 0. The summed E-state index contributed by atoms with van der Waals surface area (Å²) in [5.74, 6) is 2.19. The van der Waals surface area contributed by atoms with Gasteiger partial charge in [-0.3, -0.25) is 5.10 Å². The fourth-order valence-electron chi connectivity index (χ4n) is 2.29. The van der Waals surface area contributed by atoms with Crippen LogP contribution in [-0.4, -0.2) is 39.3 Å². The van der Waals surface area contributed by atoms with Crippen molar-refractivity contribution in [1.29, 1.82) is 0 Å². The Morgan fingerprint density at radius 2 is 2.00 bits per heavy atom. The van der Waals surface area contributed by atoms with Crippen LogP contribution in [0.2, 0.25) is 0 Å². The maximum absolute atomic E-state index is 4.73. The molecule has 0 aliphatic rings. The van der Waals surface area contributed by atoms with E-state index in [0.29, 0.717) is 17.9 Å². The molecule has 6 nitrogen and oxygen atoms in total. The molecule has 2 rings (SSSR count). The van der Waals surface area contributed by atoms with E-state index in [4.69, 9.17) is 4.98 Å². The molecule has 2 N–H and O–H groups in total. The van der Waals surface area contributed by atoms with Gasteiger partial charge in [-0.1, -0.05) is 20.8 Å². The Kier molecular flexibility index (Phi) is 4.98. The number of fused-ring (bicyclic) bond motifs is 1. The van der Waals surface area contributed by atoms with Crippen LogP contribution in [0.15, 0.2) is 6.20 Å². The summed E-state index contributed by atoms with van der Waals surface area (Å²) in [5.41, 5.74) is 0.785. The average Bonchev–Trinajstić information content (AvgIpc) is 2.89. The molecular weight excluding hydrogens is 264 g/mol. The monoisotopic (exact) mass is 290 g/mol. The molecule has 6 heteroatoms. The highest BCUT2D eigenvalue weighted by Crippen LogP contribution is 2.26. The number of nitrogens with one attached hydrogen (secondary N) is 2. The van der Waals surface area contributed by atoms with Gasteiger partial charge in [0.05, 0.1) is 11.6 Å². The van der Waals surface area contributed by atoms with Crippen LogP contribution in [0.25, 0.3) is 11.0 Å². The van der Waals surface area contributed by atoms with Crippen molar-refractivity contribution in [2.45, 2.75) is 47.1 Å². The molecule has 2 heterocycles. The highest BCUT2D eigenvalue weighted by atomic mass is 15.3. The maximum Gasteiger partial charge on any atom is 0.226 e. The largest absolute Gasteiger partial charge is 0.354 e. The van der Waals surface area contributed by atoms with Crippen molar-refractivity contribution in [2.75, 3.05) is 23.3 Å². The Balaban J connectivity index is 2.45. The van der Waals surface area contributed by atoms with Gasteiger partial charge in [-0.15, -0.1) is 0 Å². The fourth-order valence-corrected chi connectivity index (χ4v) is 2.29. The molecule has 0 saturated carbocycles. The van der Waals surface area contributed by atoms with Gasteiger partial charge in [-0.25, -0.2) is 0 Å². The summed E-state index contributed by atoms with van der Waals surface area (Å²) in [5, 5.41) is 11.3. The van der Waals surface area contributed by atoms with Crippen LogP contribution in [0.5, 0.6) is 0 Å². The molecular formula is C15H26N6. The first kappa shape index (κ1) is 15.5. The van der Waals surface area contributed by atoms with Crippen LogP contribution in [0, 0.1) is 5.92 Å². The number of rotatable bonds is 7. The lowest BCUT2D eigenvalue weighted by atomic mass is 10.1. The molecule has 0 radical (unpaired) electrons. The number of hydrogen-bond donors (Lipinski definition) is 2. The molecule has 0 aliphatic heterocycles. The topological polar surface area (TPSA) is 69.7 Å². The standard InChI is InChI=1S/C15H26N6/c1-6-7-16-15-18-13-12(8-17-20-13)14(19-15)21(11(4)5)9-10(2)3/h8,10-11H,6-7,9H2,1-5H3,(H2,16,17,18,19,20). The molecule has 0 bridgehead atoms. The van der Waals surface area contributed by atoms with Crippen molar-refractivity contribution in [3.05, 3.63) is 6.20 Å². The fraction of sp³-hybridized carbons (Fsp3) is 0.667. The Bertz CT molecular complexity index is 575. The maximum atomic E-state index is 4.73. The van der Waals surface area contributed by atoms with Gasteiger partial charge in [0.2, 0.25) is 5.95 Å². The quantitative estimate of drug-likeness (QED) is 0.820. The Labute approximate surface area is 126 Å². The Morgan fingerprint density at radius 3 is 2.62 bits per heavy atom. The van der Waals surface area contributed by atoms with Crippen LogP contribution in [0.4, 0.5) is 11.8 Å². The van der Waals surface area contributed by atoms with Gasteiger partial charge in [0, 0.05) is 19.1 Å². The van der Waals surface area contributed by atoms with E-state index in [2.05, 4.69) is 60.0 Å². The lowest BCUT2D eigenvalue weighted by molar-refractivity contribution is 0.567. The predicted octanol–water partition coefficient (Wildman–Crippen LogP) is 3.05. The van der Waals surface area contributed by atoms with Crippen molar-refractivity contribution in [3.8, 4) is 0 Å². The SMILES string of the molecule is CCCNc1nc(N(CC(C)C)C(C)C)c2cn[nH]c2n1. The molecule has 0 saturated heterocycles. The molecule has 0 spiro atoms. The van der Waals surface area contributed by atoms with E-state index in [1.54, 1.807) is 0 Å². The van der Waals surface area contributed by atoms with Crippen molar-refractivity contribution in [3.63, 3.8) is 0 Å². The third kappa shape index (κ3) is 3.62. The summed E-state index contributed by atoms with van der Waals surface area (Å²) in [4.78, 5) is 11.5. The first-order chi connectivity index (χ1) is 10.0.